The number of carbonyl (C=O) groups excluding carboxylic acids is 2. The zero-order valence-corrected chi connectivity index (χ0v) is 16.5. The van der Waals surface area contributed by atoms with Crippen molar-refractivity contribution in [2.45, 2.75) is 19.4 Å². The molecule has 0 spiro atoms. The van der Waals surface area contributed by atoms with Gasteiger partial charge in [0, 0.05) is 12.7 Å². The highest BCUT2D eigenvalue weighted by molar-refractivity contribution is 5.94. The Bertz CT molecular complexity index is 952. The molecular weight excluding hydrogens is 364 g/mol. The summed E-state index contributed by atoms with van der Waals surface area (Å²) in [5, 5.41) is 5.42. The summed E-state index contributed by atoms with van der Waals surface area (Å²) in [7, 11) is 1.60. The Hall–Kier alpha value is -3.60. The molecule has 0 radical (unpaired) electrons. The molecule has 0 saturated heterocycles. The number of hydrogen-bond donors (Lipinski definition) is 2. The van der Waals surface area contributed by atoms with Crippen LogP contribution in [0.5, 0.6) is 5.75 Å². The molecule has 1 unspecified atom stereocenters. The largest absolute Gasteiger partial charge is 0.481 e. The van der Waals surface area contributed by atoms with Crippen LogP contribution in [0.4, 0.5) is 5.69 Å². The third-order valence-corrected chi connectivity index (χ3v) is 4.51. The Morgan fingerprint density at radius 1 is 0.862 bits per heavy atom. The van der Waals surface area contributed by atoms with Gasteiger partial charge in [0.15, 0.2) is 6.10 Å². The van der Waals surface area contributed by atoms with E-state index in [9.17, 15) is 9.59 Å². The normalized spacial score (nSPS) is 11.4. The van der Waals surface area contributed by atoms with Gasteiger partial charge in [0.05, 0.1) is 6.42 Å². The first-order valence-electron chi connectivity index (χ1n) is 9.47. The van der Waals surface area contributed by atoms with Crippen LogP contribution < -0.4 is 15.4 Å². The van der Waals surface area contributed by atoms with Gasteiger partial charge in [-0.25, -0.2) is 0 Å². The molecule has 5 nitrogen and oxygen atoms in total. The second-order valence-electron chi connectivity index (χ2n) is 6.69. The number of anilines is 1. The molecule has 0 saturated carbocycles. The van der Waals surface area contributed by atoms with E-state index in [0.29, 0.717) is 17.9 Å². The maximum absolute atomic E-state index is 12.4. The standard InChI is InChI=1S/C24H24N2O3/c1-17(24(28)26-21-12-8-18(9-13-21)16-23(27)25-2)29-22-14-10-20(11-15-22)19-6-4-3-5-7-19/h3-15,17H,16H2,1-2H3,(H,25,27)(H,26,28). The van der Waals surface area contributed by atoms with E-state index in [0.717, 1.165) is 16.7 Å². The minimum Gasteiger partial charge on any atom is -0.481 e. The molecule has 3 aromatic carbocycles. The van der Waals surface area contributed by atoms with Gasteiger partial charge >= 0.3 is 0 Å². The minimum absolute atomic E-state index is 0.0536. The SMILES string of the molecule is CNC(=O)Cc1ccc(NC(=O)C(C)Oc2ccc(-c3ccccc3)cc2)cc1. The van der Waals surface area contributed by atoms with Crippen molar-refractivity contribution < 1.29 is 14.3 Å². The zero-order chi connectivity index (χ0) is 20.6. The van der Waals surface area contributed by atoms with Crippen LogP contribution >= 0.6 is 0 Å². The lowest BCUT2D eigenvalue weighted by Gasteiger charge is -2.15. The van der Waals surface area contributed by atoms with E-state index in [1.807, 2.05) is 66.7 Å². The van der Waals surface area contributed by atoms with E-state index in [-0.39, 0.29) is 11.8 Å². The molecule has 2 amide bonds. The fourth-order valence-electron chi connectivity index (χ4n) is 2.84. The van der Waals surface area contributed by atoms with Gasteiger partial charge in [-0.3, -0.25) is 9.59 Å². The smallest absolute Gasteiger partial charge is 0.265 e. The number of nitrogens with one attached hydrogen (secondary N) is 2. The van der Waals surface area contributed by atoms with Crippen molar-refractivity contribution in [2.24, 2.45) is 0 Å². The van der Waals surface area contributed by atoms with Crippen LogP contribution in [0.2, 0.25) is 0 Å². The van der Waals surface area contributed by atoms with Gasteiger partial charge in [-0.05, 0) is 47.9 Å². The van der Waals surface area contributed by atoms with Gasteiger partial charge in [0.25, 0.3) is 5.91 Å². The van der Waals surface area contributed by atoms with Crippen molar-refractivity contribution in [1.82, 2.24) is 5.32 Å². The summed E-state index contributed by atoms with van der Waals surface area (Å²) in [6.07, 6.45) is -0.341. The van der Waals surface area contributed by atoms with Crippen LogP contribution in [0.3, 0.4) is 0 Å². The van der Waals surface area contributed by atoms with Gasteiger partial charge in [0.2, 0.25) is 5.91 Å². The van der Waals surface area contributed by atoms with Crippen LogP contribution in [-0.2, 0) is 16.0 Å². The molecule has 0 aliphatic carbocycles. The Morgan fingerprint density at radius 2 is 1.48 bits per heavy atom. The van der Waals surface area contributed by atoms with Gasteiger partial charge < -0.3 is 15.4 Å². The maximum atomic E-state index is 12.4. The summed E-state index contributed by atoms with van der Waals surface area (Å²) in [6, 6.07) is 24.9. The molecule has 29 heavy (non-hydrogen) atoms. The zero-order valence-electron chi connectivity index (χ0n) is 16.5. The Labute approximate surface area is 170 Å². The molecule has 148 valence electrons. The van der Waals surface area contributed by atoms with E-state index >= 15 is 0 Å². The molecule has 1 atom stereocenters. The first-order valence-corrected chi connectivity index (χ1v) is 9.47. The molecule has 0 aliphatic rings. The van der Waals surface area contributed by atoms with Crippen LogP contribution in [0, 0.1) is 0 Å². The first-order chi connectivity index (χ1) is 14.0. The van der Waals surface area contributed by atoms with Crippen LogP contribution in [-0.4, -0.2) is 25.0 Å². The fourth-order valence-corrected chi connectivity index (χ4v) is 2.84. The second kappa shape index (κ2) is 9.55. The minimum atomic E-state index is -0.650. The van der Waals surface area contributed by atoms with Crippen LogP contribution in [0.15, 0.2) is 78.9 Å². The average Bonchev–Trinajstić information content (AvgIpc) is 2.76. The van der Waals surface area contributed by atoms with Crippen LogP contribution in [0.1, 0.15) is 12.5 Å². The molecular formula is C24H24N2O3. The van der Waals surface area contributed by atoms with Crippen LogP contribution in [0.25, 0.3) is 11.1 Å². The number of rotatable bonds is 7. The monoisotopic (exact) mass is 388 g/mol. The third-order valence-electron chi connectivity index (χ3n) is 4.51. The molecule has 5 heteroatoms. The summed E-state index contributed by atoms with van der Waals surface area (Å²) in [5.41, 5.74) is 3.76. The number of likely N-dealkylation sites (N-methyl/N-ethyl adjacent to an activating group) is 1. The summed E-state index contributed by atoms with van der Waals surface area (Å²) in [4.78, 5) is 23.8. The predicted octanol–water partition coefficient (Wildman–Crippen LogP) is 4.05. The number of ether oxygens (including phenoxy) is 1. The summed E-state index contributed by atoms with van der Waals surface area (Å²) < 4.78 is 5.77. The Balaban J connectivity index is 1.55. The lowest BCUT2D eigenvalue weighted by Crippen LogP contribution is -2.30. The van der Waals surface area contributed by atoms with E-state index in [1.54, 1.807) is 26.1 Å². The molecule has 2 N–H and O–H groups in total. The number of carbonyl (C=O) groups is 2. The Kier molecular flexibility index (Phi) is 6.63. The average molecular weight is 388 g/mol. The molecule has 0 aromatic heterocycles. The molecule has 0 bridgehead atoms. The van der Waals surface area contributed by atoms with Crippen molar-refractivity contribution in [1.29, 1.82) is 0 Å². The number of amides is 2. The topological polar surface area (TPSA) is 67.4 Å². The lowest BCUT2D eigenvalue weighted by atomic mass is 10.1. The molecule has 3 aromatic rings. The lowest BCUT2D eigenvalue weighted by molar-refractivity contribution is -0.122. The van der Waals surface area contributed by atoms with Crippen molar-refractivity contribution in [2.75, 3.05) is 12.4 Å². The second-order valence-corrected chi connectivity index (χ2v) is 6.69. The highest BCUT2D eigenvalue weighted by Gasteiger charge is 2.15. The number of hydrogen-bond acceptors (Lipinski definition) is 3. The fraction of sp³-hybridized carbons (Fsp3) is 0.167. The van der Waals surface area contributed by atoms with Crippen molar-refractivity contribution in [3.05, 3.63) is 84.4 Å². The summed E-state index contributed by atoms with van der Waals surface area (Å²) in [6.45, 7) is 1.71. The van der Waals surface area contributed by atoms with Gasteiger partial charge in [-0.15, -0.1) is 0 Å². The first kappa shape index (κ1) is 20.1. The number of benzene rings is 3. The van der Waals surface area contributed by atoms with Gasteiger partial charge in [0.1, 0.15) is 5.75 Å². The van der Waals surface area contributed by atoms with E-state index in [2.05, 4.69) is 10.6 Å². The summed E-state index contributed by atoms with van der Waals surface area (Å²) >= 11 is 0. The van der Waals surface area contributed by atoms with Crippen molar-refractivity contribution in [3.63, 3.8) is 0 Å². The van der Waals surface area contributed by atoms with E-state index in [1.165, 1.54) is 0 Å². The van der Waals surface area contributed by atoms with Crippen molar-refractivity contribution in [3.8, 4) is 16.9 Å². The molecule has 0 heterocycles. The quantitative estimate of drug-likeness (QED) is 0.642. The predicted molar refractivity (Wildman–Crippen MR) is 115 cm³/mol. The summed E-state index contributed by atoms with van der Waals surface area (Å²) in [5.74, 6) is 0.339. The third kappa shape index (κ3) is 5.69. The van der Waals surface area contributed by atoms with E-state index in [4.69, 9.17) is 4.74 Å². The molecule has 0 aliphatic heterocycles. The van der Waals surface area contributed by atoms with Gasteiger partial charge in [-0.2, -0.15) is 0 Å². The molecule has 3 rings (SSSR count). The molecule has 0 fully saturated rings. The van der Waals surface area contributed by atoms with E-state index < -0.39 is 6.10 Å². The maximum Gasteiger partial charge on any atom is 0.265 e. The van der Waals surface area contributed by atoms with Crippen molar-refractivity contribution >= 4 is 17.5 Å². The van der Waals surface area contributed by atoms with Gasteiger partial charge in [-0.1, -0.05) is 54.6 Å². The highest BCUT2D eigenvalue weighted by Crippen LogP contribution is 2.23. The highest BCUT2D eigenvalue weighted by atomic mass is 16.5. The Morgan fingerprint density at radius 3 is 2.10 bits per heavy atom.